The largest absolute Gasteiger partial charge is 0.459 e. The van der Waals surface area contributed by atoms with E-state index < -0.39 is 11.6 Å². The molecule has 4 heteroatoms. The van der Waals surface area contributed by atoms with E-state index in [1.54, 1.807) is 0 Å². The third-order valence-corrected chi connectivity index (χ3v) is 4.78. The first kappa shape index (κ1) is 15.5. The Morgan fingerprint density at radius 3 is 2.68 bits per heavy atom. The number of esters is 1. The van der Waals surface area contributed by atoms with E-state index in [0.29, 0.717) is 6.42 Å². The predicted molar refractivity (Wildman–Crippen MR) is 84.4 cm³/mol. The van der Waals surface area contributed by atoms with E-state index in [1.165, 1.54) is 0 Å². The molecule has 0 aromatic heterocycles. The summed E-state index contributed by atoms with van der Waals surface area (Å²) < 4.78 is 5.67. The van der Waals surface area contributed by atoms with Gasteiger partial charge in [-0.05, 0) is 50.8 Å². The number of aliphatic hydroxyl groups is 1. The molecule has 120 valence electrons. The molecule has 1 aliphatic carbocycles. The second-order valence-corrected chi connectivity index (χ2v) is 6.79. The van der Waals surface area contributed by atoms with Crippen LogP contribution in [0.4, 0.5) is 0 Å². The maximum atomic E-state index is 12.6. The van der Waals surface area contributed by atoms with Crippen molar-refractivity contribution in [1.82, 2.24) is 4.90 Å². The minimum atomic E-state index is -1.36. The van der Waals surface area contributed by atoms with Gasteiger partial charge < -0.3 is 14.7 Å². The van der Waals surface area contributed by atoms with Gasteiger partial charge in [0, 0.05) is 13.0 Å². The monoisotopic (exact) mass is 303 g/mol. The molecular weight excluding hydrogens is 278 g/mol. The van der Waals surface area contributed by atoms with Crippen molar-refractivity contribution in [2.24, 2.45) is 5.92 Å². The normalized spacial score (nSPS) is 25.5. The maximum absolute atomic E-state index is 12.6. The number of carbonyl (C=O) groups excluding carboxylic acids is 1. The molecule has 0 bridgehead atoms. The van der Waals surface area contributed by atoms with Crippen LogP contribution in [0.3, 0.4) is 0 Å². The van der Waals surface area contributed by atoms with Crippen LogP contribution >= 0.6 is 0 Å². The lowest BCUT2D eigenvalue weighted by molar-refractivity contribution is -0.175. The molecule has 2 unspecified atom stereocenters. The summed E-state index contributed by atoms with van der Waals surface area (Å²) in [5.41, 5.74) is -0.383. The topological polar surface area (TPSA) is 49.8 Å². The number of hydrogen-bond donors (Lipinski definition) is 1. The molecule has 22 heavy (non-hydrogen) atoms. The molecule has 1 aromatic carbocycles. The number of ether oxygens (including phenoxy) is 1. The van der Waals surface area contributed by atoms with Gasteiger partial charge in [-0.3, -0.25) is 0 Å². The fourth-order valence-electron chi connectivity index (χ4n) is 3.32. The summed E-state index contributed by atoms with van der Waals surface area (Å²) in [6, 6.07) is 9.72. The summed E-state index contributed by atoms with van der Waals surface area (Å²) in [6.07, 6.45) is 4.00. The molecule has 1 heterocycles. The van der Waals surface area contributed by atoms with Crippen molar-refractivity contribution >= 4 is 5.97 Å². The summed E-state index contributed by atoms with van der Waals surface area (Å²) >= 11 is 0. The van der Waals surface area contributed by atoms with Gasteiger partial charge in [0.15, 0.2) is 5.60 Å². The van der Waals surface area contributed by atoms with E-state index >= 15 is 0 Å². The first-order valence-corrected chi connectivity index (χ1v) is 8.24. The highest BCUT2D eigenvalue weighted by molar-refractivity contribution is 5.81. The molecule has 1 saturated carbocycles. The molecule has 0 spiro atoms. The maximum Gasteiger partial charge on any atom is 0.339 e. The standard InChI is InChI=1S/C18H25NO3/c1-19-11-5-8-16(13-19)22-17(20)18(21,15-9-10-15)12-14-6-3-2-4-7-14/h2-4,6-7,15-16,21H,5,8-13H2,1H3. The highest BCUT2D eigenvalue weighted by Gasteiger charge is 2.51. The van der Waals surface area contributed by atoms with Crippen LogP contribution in [0.2, 0.25) is 0 Å². The Balaban J connectivity index is 1.68. The SMILES string of the molecule is CN1CCCC(OC(=O)C(O)(Cc2ccccc2)C2CC2)C1. The molecule has 1 N–H and O–H groups in total. The van der Waals surface area contributed by atoms with Crippen LogP contribution in [0, 0.1) is 5.92 Å². The zero-order valence-corrected chi connectivity index (χ0v) is 13.2. The van der Waals surface area contributed by atoms with E-state index in [1.807, 2.05) is 37.4 Å². The van der Waals surface area contributed by atoms with Crippen LogP contribution in [0.25, 0.3) is 0 Å². The molecular formula is C18H25NO3. The number of piperidine rings is 1. The van der Waals surface area contributed by atoms with E-state index in [2.05, 4.69) is 4.90 Å². The van der Waals surface area contributed by atoms with E-state index in [0.717, 1.165) is 44.3 Å². The van der Waals surface area contributed by atoms with Crippen molar-refractivity contribution in [2.75, 3.05) is 20.1 Å². The Morgan fingerprint density at radius 1 is 1.32 bits per heavy atom. The van der Waals surface area contributed by atoms with Crippen LogP contribution in [0.15, 0.2) is 30.3 Å². The fraction of sp³-hybridized carbons (Fsp3) is 0.611. The molecule has 1 aliphatic heterocycles. The molecule has 2 atom stereocenters. The number of rotatable bonds is 5. The third-order valence-electron chi connectivity index (χ3n) is 4.78. The Labute approximate surface area is 132 Å². The number of carbonyl (C=O) groups is 1. The Kier molecular flexibility index (Phi) is 4.50. The van der Waals surface area contributed by atoms with Gasteiger partial charge in [-0.15, -0.1) is 0 Å². The van der Waals surface area contributed by atoms with Gasteiger partial charge in [0.2, 0.25) is 0 Å². The van der Waals surface area contributed by atoms with Crippen LogP contribution in [-0.2, 0) is 16.0 Å². The Hall–Kier alpha value is -1.39. The number of likely N-dealkylation sites (N-methyl/N-ethyl adjacent to an activating group) is 1. The van der Waals surface area contributed by atoms with Gasteiger partial charge in [0.1, 0.15) is 6.10 Å². The fourth-order valence-corrected chi connectivity index (χ4v) is 3.32. The van der Waals surface area contributed by atoms with Gasteiger partial charge in [0.25, 0.3) is 0 Å². The average Bonchev–Trinajstić information content (AvgIpc) is 3.33. The van der Waals surface area contributed by atoms with Crippen molar-refractivity contribution in [2.45, 2.75) is 43.8 Å². The highest BCUT2D eigenvalue weighted by atomic mass is 16.6. The molecule has 0 amide bonds. The summed E-state index contributed by atoms with van der Waals surface area (Å²) in [5.74, 6) is -0.388. The van der Waals surface area contributed by atoms with Gasteiger partial charge in [0.05, 0.1) is 0 Å². The van der Waals surface area contributed by atoms with Crippen LogP contribution in [0.1, 0.15) is 31.2 Å². The number of hydrogen-bond acceptors (Lipinski definition) is 4. The number of nitrogens with zero attached hydrogens (tertiary/aromatic N) is 1. The highest BCUT2D eigenvalue weighted by Crippen LogP contribution is 2.42. The van der Waals surface area contributed by atoms with E-state index in [4.69, 9.17) is 4.74 Å². The van der Waals surface area contributed by atoms with Crippen LogP contribution < -0.4 is 0 Å². The van der Waals surface area contributed by atoms with Gasteiger partial charge in [-0.25, -0.2) is 4.79 Å². The average molecular weight is 303 g/mol. The second-order valence-electron chi connectivity index (χ2n) is 6.79. The Morgan fingerprint density at radius 2 is 2.05 bits per heavy atom. The van der Waals surface area contributed by atoms with Crippen LogP contribution in [-0.4, -0.2) is 47.8 Å². The predicted octanol–water partition coefficient (Wildman–Crippen LogP) is 2.01. The zero-order chi connectivity index (χ0) is 15.6. The lowest BCUT2D eigenvalue weighted by atomic mass is 9.89. The molecule has 4 nitrogen and oxygen atoms in total. The van der Waals surface area contributed by atoms with Crippen molar-refractivity contribution in [3.63, 3.8) is 0 Å². The minimum Gasteiger partial charge on any atom is -0.459 e. The zero-order valence-electron chi connectivity index (χ0n) is 13.2. The smallest absolute Gasteiger partial charge is 0.339 e. The van der Waals surface area contributed by atoms with E-state index in [9.17, 15) is 9.90 Å². The quantitative estimate of drug-likeness (QED) is 0.845. The van der Waals surface area contributed by atoms with Crippen LogP contribution in [0.5, 0.6) is 0 Å². The summed E-state index contributed by atoms with van der Waals surface area (Å²) in [7, 11) is 2.04. The number of benzene rings is 1. The molecule has 1 aromatic rings. The molecule has 0 radical (unpaired) electrons. The summed E-state index contributed by atoms with van der Waals surface area (Å²) in [4.78, 5) is 14.8. The third kappa shape index (κ3) is 3.50. The molecule has 1 saturated heterocycles. The number of likely N-dealkylation sites (tertiary alicyclic amines) is 1. The molecule has 2 fully saturated rings. The lowest BCUT2D eigenvalue weighted by Gasteiger charge is -2.33. The minimum absolute atomic E-state index is 0.0431. The molecule has 3 rings (SSSR count). The van der Waals surface area contributed by atoms with Crippen molar-refractivity contribution in [3.8, 4) is 0 Å². The summed E-state index contributed by atoms with van der Waals surface area (Å²) in [6.45, 7) is 1.81. The van der Waals surface area contributed by atoms with Crippen molar-refractivity contribution in [1.29, 1.82) is 0 Å². The lowest BCUT2D eigenvalue weighted by Crippen LogP contribution is -2.48. The molecule has 2 aliphatic rings. The first-order valence-electron chi connectivity index (χ1n) is 8.24. The second kappa shape index (κ2) is 6.39. The van der Waals surface area contributed by atoms with Crippen molar-refractivity contribution in [3.05, 3.63) is 35.9 Å². The van der Waals surface area contributed by atoms with E-state index in [-0.39, 0.29) is 12.0 Å². The van der Waals surface area contributed by atoms with Crippen molar-refractivity contribution < 1.29 is 14.6 Å². The van der Waals surface area contributed by atoms with Gasteiger partial charge >= 0.3 is 5.97 Å². The van der Waals surface area contributed by atoms with Gasteiger partial charge in [-0.1, -0.05) is 30.3 Å². The first-order chi connectivity index (χ1) is 10.6. The van der Waals surface area contributed by atoms with Gasteiger partial charge in [-0.2, -0.15) is 0 Å². The Bertz CT molecular complexity index is 514. The summed E-state index contributed by atoms with van der Waals surface area (Å²) in [5, 5.41) is 11.0.